The van der Waals surface area contributed by atoms with E-state index in [0.29, 0.717) is 48.3 Å². The van der Waals surface area contributed by atoms with Gasteiger partial charge in [0.05, 0.1) is 34.0 Å². The zero-order valence-corrected chi connectivity index (χ0v) is 20.2. The number of hydrogen-bond donors (Lipinski definition) is 1. The maximum absolute atomic E-state index is 12.6. The number of carbonyl (C=O) groups excluding carboxylic acids is 1. The summed E-state index contributed by atoms with van der Waals surface area (Å²) >= 11 is 7.29. The zero-order valence-electron chi connectivity index (χ0n) is 17.8. The van der Waals surface area contributed by atoms with Crippen molar-refractivity contribution < 1.29 is 17.6 Å². The normalized spacial score (nSPS) is 14.9. The standard InChI is InChI=1S/C21H22ClN5O4S2/c1-33(29,30)27-12-10-26(11-13-27)18-9-5-4-8-17(18)23-19(28)14-32-21-25-24-20(31-21)15-6-2-3-7-16(15)22/h2-9H,10-14H2,1H3,(H,23,28). The molecule has 1 fully saturated rings. The first-order valence-electron chi connectivity index (χ1n) is 10.1. The van der Waals surface area contributed by atoms with E-state index >= 15 is 0 Å². The van der Waals surface area contributed by atoms with Gasteiger partial charge in [0.15, 0.2) is 0 Å². The lowest BCUT2D eigenvalue weighted by atomic mass is 10.2. The lowest BCUT2D eigenvalue weighted by Gasteiger charge is -2.35. The first-order valence-corrected chi connectivity index (χ1v) is 13.3. The van der Waals surface area contributed by atoms with Crippen LogP contribution in [0, 0.1) is 0 Å². The number of aromatic nitrogens is 2. The fourth-order valence-corrected chi connectivity index (χ4v) is 5.05. The molecule has 1 aliphatic heterocycles. The predicted molar refractivity (Wildman–Crippen MR) is 129 cm³/mol. The summed E-state index contributed by atoms with van der Waals surface area (Å²) in [4.78, 5) is 14.7. The Balaban J connectivity index is 1.36. The minimum absolute atomic E-state index is 0.0837. The molecule has 4 rings (SSSR count). The van der Waals surface area contributed by atoms with Crippen LogP contribution in [0.5, 0.6) is 0 Å². The van der Waals surface area contributed by atoms with Gasteiger partial charge < -0.3 is 14.6 Å². The van der Waals surface area contributed by atoms with E-state index in [2.05, 4.69) is 20.4 Å². The van der Waals surface area contributed by atoms with Crippen LogP contribution >= 0.6 is 23.4 Å². The van der Waals surface area contributed by atoms with Gasteiger partial charge in [-0.1, -0.05) is 47.6 Å². The number of rotatable bonds is 7. The van der Waals surface area contributed by atoms with Gasteiger partial charge >= 0.3 is 0 Å². The maximum atomic E-state index is 12.6. The number of hydrogen-bond acceptors (Lipinski definition) is 8. The Morgan fingerprint density at radius 2 is 1.79 bits per heavy atom. The van der Waals surface area contributed by atoms with Crippen molar-refractivity contribution in [2.24, 2.45) is 0 Å². The summed E-state index contributed by atoms with van der Waals surface area (Å²) in [5.74, 6) is 0.155. The Labute approximate surface area is 201 Å². The topological polar surface area (TPSA) is 109 Å². The van der Waals surface area contributed by atoms with Crippen LogP contribution in [-0.4, -0.2) is 67.0 Å². The number of amides is 1. The lowest BCUT2D eigenvalue weighted by molar-refractivity contribution is -0.113. The van der Waals surface area contributed by atoms with Gasteiger partial charge in [0.25, 0.3) is 5.22 Å². The largest absolute Gasteiger partial charge is 0.411 e. The molecule has 0 saturated carbocycles. The van der Waals surface area contributed by atoms with Crippen LogP contribution in [-0.2, 0) is 14.8 Å². The Bertz CT molecular complexity index is 1240. The fourth-order valence-electron chi connectivity index (χ4n) is 3.44. The van der Waals surface area contributed by atoms with Crippen LogP contribution in [0.25, 0.3) is 11.5 Å². The summed E-state index contributed by atoms with van der Waals surface area (Å²) in [5, 5.41) is 11.7. The van der Waals surface area contributed by atoms with E-state index in [4.69, 9.17) is 16.0 Å². The Kier molecular flexibility index (Phi) is 7.23. The molecule has 9 nitrogen and oxygen atoms in total. The van der Waals surface area contributed by atoms with Crippen molar-refractivity contribution in [1.82, 2.24) is 14.5 Å². The Morgan fingerprint density at radius 3 is 2.52 bits per heavy atom. The van der Waals surface area contributed by atoms with E-state index in [1.165, 1.54) is 10.6 Å². The van der Waals surface area contributed by atoms with E-state index < -0.39 is 10.0 Å². The molecule has 1 N–H and O–H groups in total. The molecular formula is C21H22ClN5O4S2. The third-order valence-corrected chi connectivity index (χ3v) is 7.52. The number of benzene rings is 2. The molecular weight excluding hydrogens is 486 g/mol. The van der Waals surface area contributed by atoms with Gasteiger partial charge in [-0.25, -0.2) is 8.42 Å². The highest BCUT2D eigenvalue weighted by Crippen LogP contribution is 2.30. The molecule has 1 aromatic heterocycles. The molecule has 0 aliphatic carbocycles. The number of nitrogens with zero attached hydrogens (tertiary/aromatic N) is 4. The van der Waals surface area contributed by atoms with Gasteiger partial charge in [0, 0.05) is 26.2 Å². The van der Waals surface area contributed by atoms with E-state index in [9.17, 15) is 13.2 Å². The zero-order chi connectivity index (χ0) is 23.4. The summed E-state index contributed by atoms with van der Waals surface area (Å²) in [5.41, 5.74) is 2.15. The first kappa shape index (κ1) is 23.6. The highest BCUT2D eigenvalue weighted by Gasteiger charge is 2.25. The molecule has 1 amide bonds. The number of para-hydroxylation sites is 2. The average molecular weight is 508 g/mol. The van der Waals surface area contributed by atoms with Crippen LogP contribution in [0.1, 0.15) is 0 Å². The quantitative estimate of drug-likeness (QED) is 0.486. The number of nitrogens with one attached hydrogen (secondary N) is 1. The van der Waals surface area contributed by atoms with E-state index in [1.807, 2.05) is 36.4 Å². The van der Waals surface area contributed by atoms with Crippen LogP contribution in [0.15, 0.2) is 58.2 Å². The average Bonchev–Trinajstić information content (AvgIpc) is 3.27. The second-order valence-electron chi connectivity index (χ2n) is 7.36. The summed E-state index contributed by atoms with van der Waals surface area (Å²) < 4.78 is 30.6. The van der Waals surface area contributed by atoms with Crippen molar-refractivity contribution in [3.8, 4) is 11.5 Å². The number of piperazine rings is 1. The van der Waals surface area contributed by atoms with Crippen LogP contribution in [0.2, 0.25) is 5.02 Å². The van der Waals surface area contributed by atoms with Crippen LogP contribution in [0.4, 0.5) is 11.4 Å². The Hall–Kier alpha value is -2.60. The summed E-state index contributed by atoms with van der Waals surface area (Å²) in [6, 6.07) is 14.6. The monoisotopic (exact) mass is 507 g/mol. The van der Waals surface area contributed by atoms with Crippen molar-refractivity contribution in [3.63, 3.8) is 0 Å². The van der Waals surface area contributed by atoms with Gasteiger partial charge in [-0.2, -0.15) is 4.31 Å². The number of anilines is 2. The first-order chi connectivity index (χ1) is 15.8. The third-order valence-electron chi connectivity index (χ3n) is 5.06. The molecule has 0 spiro atoms. The molecule has 0 radical (unpaired) electrons. The molecule has 1 saturated heterocycles. The van der Waals surface area contributed by atoms with E-state index in [-0.39, 0.29) is 16.9 Å². The Morgan fingerprint density at radius 1 is 1.09 bits per heavy atom. The van der Waals surface area contributed by atoms with Gasteiger partial charge in [-0.05, 0) is 24.3 Å². The summed E-state index contributed by atoms with van der Waals surface area (Å²) in [6.45, 7) is 1.90. The van der Waals surface area contributed by atoms with Gasteiger partial charge in [0.1, 0.15) is 0 Å². The molecule has 0 unspecified atom stereocenters. The molecule has 12 heteroatoms. The van der Waals surface area contributed by atoms with Gasteiger partial charge in [0.2, 0.25) is 21.8 Å². The molecule has 33 heavy (non-hydrogen) atoms. The number of sulfonamides is 1. The van der Waals surface area contributed by atoms with Gasteiger partial charge in [-0.3, -0.25) is 4.79 Å². The van der Waals surface area contributed by atoms with Crippen molar-refractivity contribution in [3.05, 3.63) is 53.6 Å². The molecule has 3 aromatic rings. The van der Waals surface area contributed by atoms with Crippen LogP contribution in [0.3, 0.4) is 0 Å². The highest BCUT2D eigenvalue weighted by atomic mass is 35.5. The molecule has 0 bridgehead atoms. The molecule has 0 atom stereocenters. The number of halogens is 1. The number of thioether (sulfide) groups is 1. The SMILES string of the molecule is CS(=O)(=O)N1CCN(c2ccccc2NC(=O)CSc2nnc(-c3ccccc3Cl)o2)CC1. The smallest absolute Gasteiger partial charge is 0.277 e. The second-order valence-corrected chi connectivity index (χ2v) is 10.7. The van der Waals surface area contributed by atoms with E-state index in [0.717, 1.165) is 17.4 Å². The minimum Gasteiger partial charge on any atom is -0.411 e. The lowest BCUT2D eigenvalue weighted by Crippen LogP contribution is -2.48. The van der Waals surface area contributed by atoms with Crippen molar-refractivity contribution in [2.75, 3.05) is 48.4 Å². The van der Waals surface area contributed by atoms with Gasteiger partial charge in [-0.15, -0.1) is 10.2 Å². The van der Waals surface area contributed by atoms with Crippen molar-refractivity contribution in [1.29, 1.82) is 0 Å². The second kappa shape index (κ2) is 10.1. The van der Waals surface area contributed by atoms with Crippen molar-refractivity contribution >= 4 is 50.7 Å². The van der Waals surface area contributed by atoms with E-state index in [1.54, 1.807) is 12.1 Å². The molecule has 2 aromatic carbocycles. The maximum Gasteiger partial charge on any atom is 0.277 e. The summed E-state index contributed by atoms with van der Waals surface area (Å²) in [6.07, 6.45) is 1.22. The highest BCUT2D eigenvalue weighted by molar-refractivity contribution is 7.99. The summed E-state index contributed by atoms with van der Waals surface area (Å²) in [7, 11) is -3.21. The predicted octanol–water partition coefficient (Wildman–Crippen LogP) is 3.20. The minimum atomic E-state index is -3.21. The third kappa shape index (κ3) is 5.85. The molecule has 174 valence electrons. The molecule has 2 heterocycles. The number of carbonyl (C=O) groups is 1. The molecule has 1 aliphatic rings. The van der Waals surface area contributed by atoms with Crippen molar-refractivity contribution in [2.45, 2.75) is 5.22 Å². The van der Waals surface area contributed by atoms with Crippen LogP contribution < -0.4 is 10.2 Å². The fraction of sp³-hybridized carbons (Fsp3) is 0.286.